The average molecular weight is 324 g/mol. The quantitative estimate of drug-likeness (QED) is 0.769. The van der Waals surface area contributed by atoms with Crippen molar-refractivity contribution in [2.75, 3.05) is 19.6 Å². The van der Waals surface area contributed by atoms with Crippen molar-refractivity contribution in [3.05, 3.63) is 0 Å². The monoisotopic (exact) mass is 324 g/mol. The fourth-order valence-electron chi connectivity index (χ4n) is 2.60. The summed E-state index contributed by atoms with van der Waals surface area (Å²) in [5.41, 5.74) is -1.37. The van der Waals surface area contributed by atoms with Crippen LogP contribution in [0.5, 0.6) is 0 Å². The maximum atomic E-state index is 12.2. The van der Waals surface area contributed by atoms with Crippen molar-refractivity contribution in [3.63, 3.8) is 0 Å². The van der Waals surface area contributed by atoms with Gasteiger partial charge in [0, 0.05) is 20.0 Å². The Kier molecular flexibility index (Phi) is 4.63. The highest BCUT2D eigenvalue weighted by Crippen LogP contribution is 2.30. The number of nitrogens with zero attached hydrogens (tertiary/aromatic N) is 2. The highest BCUT2D eigenvalue weighted by atomic mass is 16.6. The van der Waals surface area contributed by atoms with Crippen LogP contribution in [0.1, 0.15) is 40.5 Å². The summed E-state index contributed by atoms with van der Waals surface area (Å²) < 4.78 is 5.34. The van der Waals surface area contributed by atoms with Crippen LogP contribution in [0.25, 0.3) is 0 Å². The van der Waals surface area contributed by atoms with Crippen LogP contribution in [-0.2, 0) is 14.3 Å². The molecule has 2 aliphatic rings. The molecule has 0 radical (unpaired) electrons. The first-order valence-corrected chi connectivity index (χ1v) is 7.74. The van der Waals surface area contributed by atoms with Crippen LogP contribution >= 0.6 is 0 Å². The van der Waals surface area contributed by atoms with Crippen molar-refractivity contribution >= 4 is 23.7 Å². The van der Waals surface area contributed by atoms with Gasteiger partial charge in [0.15, 0.2) is 0 Å². The number of carbonyl (C=O) groups excluding carboxylic acids is 3. The van der Waals surface area contributed by atoms with Crippen molar-refractivity contribution in [2.24, 2.45) is 4.99 Å². The molecule has 3 amide bonds. The molecule has 0 unspecified atom stereocenters. The van der Waals surface area contributed by atoms with Crippen molar-refractivity contribution in [1.82, 2.24) is 15.5 Å². The maximum absolute atomic E-state index is 12.2. The molecule has 2 rings (SSSR count). The topological polar surface area (TPSA) is 100 Å². The van der Waals surface area contributed by atoms with Gasteiger partial charge in [-0.3, -0.25) is 14.6 Å². The third kappa shape index (κ3) is 4.20. The van der Waals surface area contributed by atoms with E-state index >= 15 is 0 Å². The van der Waals surface area contributed by atoms with Gasteiger partial charge < -0.3 is 20.3 Å². The van der Waals surface area contributed by atoms with Crippen LogP contribution in [-0.4, -0.2) is 59.4 Å². The van der Waals surface area contributed by atoms with Gasteiger partial charge in [-0.25, -0.2) is 4.79 Å². The molecule has 1 fully saturated rings. The zero-order chi connectivity index (χ0) is 17.3. The highest BCUT2D eigenvalue weighted by Gasteiger charge is 2.46. The van der Waals surface area contributed by atoms with E-state index in [0.717, 1.165) is 0 Å². The number of amides is 3. The van der Waals surface area contributed by atoms with Gasteiger partial charge in [-0.05, 0) is 33.6 Å². The zero-order valence-electron chi connectivity index (χ0n) is 14.1. The van der Waals surface area contributed by atoms with Crippen LogP contribution < -0.4 is 10.6 Å². The Morgan fingerprint density at radius 1 is 1.35 bits per heavy atom. The highest BCUT2D eigenvalue weighted by molar-refractivity contribution is 6.09. The second kappa shape index (κ2) is 6.17. The minimum Gasteiger partial charge on any atom is -0.444 e. The molecule has 0 atom stereocenters. The lowest BCUT2D eigenvalue weighted by molar-refractivity contribution is -0.125. The third-order valence-electron chi connectivity index (χ3n) is 3.78. The standard InChI is InChI=1S/C15H24N4O4/c1-10(20)16-9-11-17-12(21)15(18-11)5-7-19(8-6-15)13(22)23-14(2,3)4/h5-9H2,1-4H3,(H,16,20)(H,17,18,21). The van der Waals surface area contributed by atoms with Crippen LogP contribution in [0.2, 0.25) is 0 Å². The lowest BCUT2D eigenvalue weighted by atomic mass is 9.88. The number of piperidine rings is 1. The van der Waals surface area contributed by atoms with E-state index in [9.17, 15) is 14.4 Å². The smallest absolute Gasteiger partial charge is 0.410 e. The van der Waals surface area contributed by atoms with Gasteiger partial charge in [0.05, 0.1) is 6.54 Å². The number of rotatable bonds is 2. The summed E-state index contributed by atoms with van der Waals surface area (Å²) >= 11 is 0. The summed E-state index contributed by atoms with van der Waals surface area (Å²) in [4.78, 5) is 41.3. The molecular formula is C15H24N4O4. The number of carbonyl (C=O) groups is 3. The van der Waals surface area contributed by atoms with Crippen LogP contribution in [0, 0.1) is 0 Å². The van der Waals surface area contributed by atoms with E-state index in [1.807, 2.05) is 20.8 Å². The Balaban J connectivity index is 1.95. The second-order valence-electron chi connectivity index (χ2n) is 6.92. The Hall–Kier alpha value is -2.12. The van der Waals surface area contributed by atoms with E-state index in [-0.39, 0.29) is 24.5 Å². The maximum Gasteiger partial charge on any atom is 0.410 e. The van der Waals surface area contributed by atoms with E-state index in [1.54, 1.807) is 4.90 Å². The molecule has 0 aromatic rings. The van der Waals surface area contributed by atoms with Gasteiger partial charge in [0.25, 0.3) is 5.91 Å². The lowest BCUT2D eigenvalue weighted by Gasteiger charge is -2.36. The first kappa shape index (κ1) is 17.2. The molecule has 0 saturated carbocycles. The SMILES string of the molecule is CC(=O)NCC1=NC2(CCN(C(=O)OC(C)(C)C)CC2)C(=O)N1. The molecule has 23 heavy (non-hydrogen) atoms. The molecule has 2 heterocycles. The Morgan fingerprint density at radius 2 is 1.96 bits per heavy atom. The Labute approximate surface area is 135 Å². The van der Waals surface area contributed by atoms with Gasteiger partial charge in [-0.1, -0.05) is 0 Å². The predicted molar refractivity (Wildman–Crippen MR) is 84.0 cm³/mol. The number of hydrogen-bond acceptors (Lipinski definition) is 5. The summed E-state index contributed by atoms with van der Waals surface area (Å²) in [5.74, 6) is 0.125. The van der Waals surface area contributed by atoms with E-state index in [1.165, 1.54) is 6.92 Å². The molecule has 0 aromatic heterocycles. The van der Waals surface area contributed by atoms with Gasteiger partial charge >= 0.3 is 6.09 Å². The average Bonchev–Trinajstić information content (AvgIpc) is 2.72. The van der Waals surface area contributed by atoms with Gasteiger partial charge in [0.1, 0.15) is 17.0 Å². The third-order valence-corrected chi connectivity index (χ3v) is 3.78. The summed E-state index contributed by atoms with van der Waals surface area (Å²) in [7, 11) is 0. The zero-order valence-corrected chi connectivity index (χ0v) is 14.1. The van der Waals surface area contributed by atoms with Crippen molar-refractivity contribution in [1.29, 1.82) is 0 Å². The minimum absolute atomic E-state index is 0.165. The number of likely N-dealkylation sites (tertiary alicyclic amines) is 1. The van der Waals surface area contributed by atoms with Gasteiger partial charge in [-0.2, -0.15) is 0 Å². The lowest BCUT2D eigenvalue weighted by Crippen LogP contribution is -2.51. The van der Waals surface area contributed by atoms with Crippen LogP contribution in [0.15, 0.2) is 4.99 Å². The normalized spacial score (nSPS) is 20.1. The number of aliphatic imine (C=N–C) groups is 1. The molecule has 0 aliphatic carbocycles. The summed E-state index contributed by atoms with van der Waals surface area (Å²) in [6.07, 6.45) is 0.525. The molecule has 0 aromatic carbocycles. The number of hydrogen-bond donors (Lipinski definition) is 2. The van der Waals surface area contributed by atoms with Crippen LogP contribution in [0.3, 0.4) is 0 Å². The summed E-state index contributed by atoms with van der Waals surface area (Å²) in [5, 5.41) is 5.33. The number of amidine groups is 1. The molecule has 2 N–H and O–H groups in total. The molecule has 128 valence electrons. The van der Waals surface area contributed by atoms with E-state index in [2.05, 4.69) is 15.6 Å². The van der Waals surface area contributed by atoms with Gasteiger partial charge in [0.2, 0.25) is 5.91 Å². The minimum atomic E-state index is -0.827. The molecule has 1 spiro atoms. The van der Waals surface area contributed by atoms with E-state index in [4.69, 9.17) is 4.74 Å². The Bertz CT molecular complexity index is 542. The fourth-order valence-corrected chi connectivity index (χ4v) is 2.60. The van der Waals surface area contributed by atoms with Gasteiger partial charge in [-0.15, -0.1) is 0 Å². The summed E-state index contributed by atoms with van der Waals surface area (Å²) in [6, 6.07) is 0. The molecule has 0 bridgehead atoms. The van der Waals surface area contributed by atoms with Crippen molar-refractivity contribution < 1.29 is 19.1 Å². The number of ether oxygens (including phenoxy) is 1. The molecule has 8 heteroatoms. The first-order valence-electron chi connectivity index (χ1n) is 7.74. The fraction of sp³-hybridized carbons (Fsp3) is 0.733. The van der Waals surface area contributed by atoms with E-state index in [0.29, 0.717) is 31.8 Å². The first-order chi connectivity index (χ1) is 10.6. The predicted octanol–water partition coefficient (Wildman–Crippen LogP) is 0.421. The molecular weight excluding hydrogens is 300 g/mol. The van der Waals surface area contributed by atoms with Crippen molar-refractivity contribution in [3.8, 4) is 0 Å². The Morgan fingerprint density at radius 3 is 2.48 bits per heavy atom. The van der Waals surface area contributed by atoms with E-state index < -0.39 is 11.1 Å². The molecule has 2 aliphatic heterocycles. The second-order valence-corrected chi connectivity index (χ2v) is 6.92. The molecule has 8 nitrogen and oxygen atoms in total. The molecule has 1 saturated heterocycles. The summed E-state index contributed by atoms with van der Waals surface area (Å²) in [6.45, 7) is 7.90. The van der Waals surface area contributed by atoms with Crippen molar-refractivity contribution in [2.45, 2.75) is 51.7 Å². The largest absolute Gasteiger partial charge is 0.444 e. The number of nitrogens with one attached hydrogen (secondary N) is 2. The van der Waals surface area contributed by atoms with Crippen LogP contribution in [0.4, 0.5) is 4.79 Å².